The van der Waals surface area contributed by atoms with Gasteiger partial charge in [0.25, 0.3) is 0 Å². The largest absolute Gasteiger partial charge is 0.441 e. The average molecular weight is 246 g/mol. The highest BCUT2D eigenvalue weighted by Gasteiger charge is 2.29. The second-order valence-corrected chi connectivity index (χ2v) is 4.12. The maximum atomic E-state index is 11.6. The summed E-state index contributed by atoms with van der Waals surface area (Å²) in [6, 6.07) is 3.72. The Kier molecular flexibility index (Phi) is 4.13. The van der Waals surface area contributed by atoms with Crippen molar-refractivity contribution in [2.75, 3.05) is 0 Å². The summed E-state index contributed by atoms with van der Waals surface area (Å²) in [4.78, 5) is 25.3. The minimum absolute atomic E-state index is 0.382. The Labute approximate surface area is 105 Å². The van der Waals surface area contributed by atoms with Crippen LogP contribution in [0.2, 0.25) is 0 Å². The fourth-order valence-corrected chi connectivity index (χ4v) is 1.72. The number of carbonyl (C=O) groups is 2. The van der Waals surface area contributed by atoms with E-state index in [-0.39, 0.29) is 0 Å². The van der Waals surface area contributed by atoms with Gasteiger partial charge in [0.15, 0.2) is 0 Å². The summed E-state index contributed by atoms with van der Waals surface area (Å²) in [7, 11) is 0. The smallest absolute Gasteiger partial charge is 0.417 e. The number of hydrogen-bond acceptors (Lipinski definition) is 3. The molecule has 0 unspecified atom stereocenters. The van der Waals surface area contributed by atoms with Crippen LogP contribution in [-0.2, 0) is 9.59 Å². The van der Waals surface area contributed by atoms with Gasteiger partial charge in [-0.15, -0.1) is 0 Å². The quantitative estimate of drug-likeness (QED) is 0.203. The van der Waals surface area contributed by atoms with Crippen LogP contribution in [-0.4, -0.2) is 22.3 Å². The van der Waals surface area contributed by atoms with Gasteiger partial charge in [-0.2, -0.15) is 4.79 Å². The fourth-order valence-electron chi connectivity index (χ4n) is 1.72. The van der Waals surface area contributed by atoms with E-state index in [0.717, 1.165) is 23.6 Å². The monoisotopic (exact) mass is 246 g/mol. The topological polar surface area (TPSA) is 79.8 Å². The number of rotatable bonds is 3. The van der Waals surface area contributed by atoms with Crippen molar-refractivity contribution in [3.63, 3.8) is 0 Å². The van der Waals surface area contributed by atoms with Gasteiger partial charge in [0, 0.05) is 6.92 Å². The van der Waals surface area contributed by atoms with Crippen LogP contribution >= 0.6 is 0 Å². The normalized spacial score (nSPS) is 9.56. The van der Waals surface area contributed by atoms with Gasteiger partial charge >= 0.3 is 11.7 Å². The predicted octanol–water partition coefficient (Wildman–Crippen LogP) is 1.78. The summed E-state index contributed by atoms with van der Waals surface area (Å²) in [5, 5.41) is 0. The number of aryl methyl sites for hydroxylation is 3. The molecule has 0 radical (unpaired) electrons. The zero-order chi connectivity index (χ0) is 13.9. The fraction of sp³-hybridized carbons (Fsp3) is 0.308. The Morgan fingerprint density at radius 2 is 1.67 bits per heavy atom. The molecule has 0 aliphatic carbocycles. The van der Waals surface area contributed by atoms with Crippen LogP contribution in [0.15, 0.2) is 12.1 Å². The van der Waals surface area contributed by atoms with Gasteiger partial charge < -0.3 is 10.3 Å². The standard InChI is InChI=1S/C13H14N2O3/c1-7-5-8(2)12(9(3)6-7)18-13(17)11(15-14)10(4)16/h5-6H,1-4H3. The van der Waals surface area contributed by atoms with Gasteiger partial charge in [-0.25, -0.2) is 4.79 Å². The summed E-state index contributed by atoms with van der Waals surface area (Å²) in [5.74, 6) is -1.22. The molecule has 0 N–H and O–H groups in total. The van der Waals surface area contributed by atoms with Crippen LogP contribution in [0.5, 0.6) is 5.75 Å². The van der Waals surface area contributed by atoms with E-state index in [1.165, 1.54) is 0 Å². The number of esters is 1. The lowest BCUT2D eigenvalue weighted by atomic mass is 10.1. The maximum absolute atomic E-state index is 11.6. The molecule has 0 heterocycles. The lowest BCUT2D eigenvalue weighted by Gasteiger charge is -2.09. The van der Waals surface area contributed by atoms with Crippen LogP contribution in [0.1, 0.15) is 23.6 Å². The number of ether oxygens (including phenoxy) is 1. The molecule has 0 atom stereocenters. The second kappa shape index (κ2) is 5.38. The molecule has 94 valence electrons. The van der Waals surface area contributed by atoms with Crippen molar-refractivity contribution in [2.24, 2.45) is 0 Å². The number of Topliss-reactive ketones (excluding diaryl/α,β-unsaturated/α-hetero) is 1. The highest BCUT2D eigenvalue weighted by molar-refractivity contribution is 6.62. The van der Waals surface area contributed by atoms with Gasteiger partial charge in [0.1, 0.15) is 5.75 Å². The molecule has 0 bridgehead atoms. The van der Waals surface area contributed by atoms with Crippen LogP contribution in [0, 0.1) is 20.8 Å². The van der Waals surface area contributed by atoms with Crippen molar-refractivity contribution in [3.8, 4) is 5.75 Å². The summed E-state index contributed by atoms with van der Waals surface area (Å²) < 4.78 is 5.09. The highest BCUT2D eigenvalue weighted by atomic mass is 16.5. The first-order chi connectivity index (χ1) is 8.36. The summed E-state index contributed by atoms with van der Waals surface area (Å²) >= 11 is 0. The van der Waals surface area contributed by atoms with E-state index in [0.29, 0.717) is 5.75 Å². The molecular weight excluding hydrogens is 232 g/mol. The third kappa shape index (κ3) is 2.90. The number of nitrogens with zero attached hydrogens (tertiary/aromatic N) is 2. The maximum Gasteiger partial charge on any atom is 0.441 e. The van der Waals surface area contributed by atoms with Gasteiger partial charge in [-0.1, -0.05) is 17.7 Å². The van der Waals surface area contributed by atoms with E-state index in [1.807, 2.05) is 19.1 Å². The van der Waals surface area contributed by atoms with Crippen molar-refractivity contribution in [2.45, 2.75) is 27.7 Å². The summed E-state index contributed by atoms with van der Waals surface area (Å²) in [6.45, 7) is 6.66. The lowest BCUT2D eigenvalue weighted by molar-refractivity contribution is -0.134. The molecule has 1 aromatic carbocycles. The first-order valence-electron chi connectivity index (χ1n) is 5.39. The minimum Gasteiger partial charge on any atom is -0.417 e. The van der Waals surface area contributed by atoms with E-state index in [1.54, 1.807) is 13.8 Å². The van der Waals surface area contributed by atoms with Gasteiger partial charge in [-0.3, -0.25) is 4.79 Å². The summed E-state index contributed by atoms with van der Waals surface area (Å²) in [5.41, 5.74) is 10.6. The van der Waals surface area contributed by atoms with Crippen molar-refractivity contribution in [3.05, 3.63) is 34.4 Å². The van der Waals surface area contributed by atoms with Gasteiger partial charge in [0.2, 0.25) is 5.78 Å². The van der Waals surface area contributed by atoms with Crippen LogP contribution in [0.4, 0.5) is 0 Å². The predicted molar refractivity (Wildman–Crippen MR) is 65.6 cm³/mol. The molecule has 0 amide bonds. The summed E-state index contributed by atoms with van der Waals surface area (Å²) in [6.07, 6.45) is 0. The molecule has 1 aromatic rings. The molecule has 0 spiro atoms. The minimum atomic E-state index is -0.958. The van der Waals surface area contributed by atoms with Gasteiger partial charge in [0.05, 0.1) is 0 Å². The number of benzene rings is 1. The van der Waals surface area contributed by atoms with Crippen molar-refractivity contribution in [1.29, 1.82) is 0 Å². The molecular formula is C13H14N2O3. The Bertz CT molecular complexity index is 547. The van der Waals surface area contributed by atoms with Crippen LogP contribution in [0.3, 0.4) is 0 Å². The molecule has 0 fully saturated rings. The van der Waals surface area contributed by atoms with E-state index in [4.69, 9.17) is 10.3 Å². The zero-order valence-electron chi connectivity index (χ0n) is 10.8. The third-order valence-corrected chi connectivity index (χ3v) is 2.43. The van der Waals surface area contributed by atoms with Gasteiger partial charge in [-0.05, 0) is 31.9 Å². The Hall–Kier alpha value is -2.26. The first-order valence-corrected chi connectivity index (χ1v) is 5.39. The van der Waals surface area contributed by atoms with E-state index >= 15 is 0 Å². The molecule has 5 heteroatoms. The number of carbonyl (C=O) groups excluding carboxylic acids is 2. The van der Waals surface area contributed by atoms with E-state index < -0.39 is 17.5 Å². The first kappa shape index (κ1) is 13.8. The molecule has 0 aliphatic heterocycles. The van der Waals surface area contributed by atoms with Crippen LogP contribution < -0.4 is 4.74 Å². The lowest BCUT2D eigenvalue weighted by Crippen LogP contribution is -2.28. The molecule has 0 aromatic heterocycles. The van der Waals surface area contributed by atoms with Crippen molar-refractivity contribution < 1.29 is 19.1 Å². The van der Waals surface area contributed by atoms with E-state index in [2.05, 4.69) is 4.79 Å². The van der Waals surface area contributed by atoms with Crippen molar-refractivity contribution >= 4 is 17.5 Å². The Balaban J connectivity index is 3.10. The third-order valence-electron chi connectivity index (χ3n) is 2.43. The highest BCUT2D eigenvalue weighted by Crippen LogP contribution is 2.24. The zero-order valence-corrected chi connectivity index (χ0v) is 10.8. The number of hydrogen-bond donors (Lipinski definition) is 0. The van der Waals surface area contributed by atoms with Crippen molar-refractivity contribution in [1.82, 2.24) is 0 Å². The average Bonchev–Trinajstić information content (AvgIpc) is 2.23. The SMILES string of the molecule is CC(=O)C(=[N+]=[N-])C(=O)Oc1c(C)cc(C)cc1C. The van der Waals surface area contributed by atoms with E-state index in [9.17, 15) is 9.59 Å². The second-order valence-electron chi connectivity index (χ2n) is 4.12. The molecule has 18 heavy (non-hydrogen) atoms. The molecule has 5 nitrogen and oxygen atoms in total. The molecule has 0 aliphatic rings. The Morgan fingerprint density at radius 3 is 2.06 bits per heavy atom. The molecule has 0 saturated heterocycles. The Morgan fingerprint density at radius 1 is 1.17 bits per heavy atom. The number of ketones is 1. The van der Waals surface area contributed by atoms with Crippen LogP contribution in [0.25, 0.3) is 5.53 Å². The molecule has 0 saturated carbocycles. The molecule has 1 rings (SSSR count).